The molecule has 0 radical (unpaired) electrons. The third-order valence-electron chi connectivity index (χ3n) is 1.66. The second-order valence-electron chi connectivity index (χ2n) is 2.69. The van der Waals surface area contributed by atoms with Gasteiger partial charge < -0.3 is 5.32 Å². The van der Waals surface area contributed by atoms with Gasteiger partial charge in [-0.2, -0.15) is 0 Å². The first-order valence-electron chi connectivity index (χ1n) is 4.00. The first-order chi connectivity index (χ1) is 6.65. The van der Waals surface area contributed by atoms with Crippen LogP contribution in [0.15, 0.2) is 18.2 Å². The summed E-state index contributed by atoms with van der Waals surface area (Å²) in [5.74, 6) is -0.476. The maximum absolute atomic E-state index is 13.2. The Labute approximate surface area is 81.0 Å². The Kier molecular flexibility index (Phi) is 3.41. The Morgan fingerprint density at radius 2 is 2.21 bits per heavy atom. The Hall–Kier alpha value is -1.62. The second kappa shape index (κ2) is 4.57. The minimum atomic E-state index is -0.610. The van der Waals surface area contributed by atoms with Gasteiger partial charge in [0.15, 0.2) is 0 Å². The Bertz CT molecular complexity index is 321. The molecule has 0 spiro atoms. The van der Waals surface area contributed by atoms with E-state index in [1.165, 1.54) is 13.2 Å². The van der Waals surface area contributed by atoms with Crippen LogP contribution in [0.4, 0.5) is 14.9 Å². The maximum atomic E-state index is 13.2. The monoisotopic (exact) mass is 198 g/mol. The molecule has 0 bridgehead atoms. The van der Waals surface area contributed by atoms with E-state index in [2.05, 4.69) is 10.2 Å². The van der Waals surface area contributed by atoms with Gasteiger partial charge >= 0.3 is 6.03 Å². The lowest BCUT2D eigenvalue weighted by Crippen LogP contribution is -2.28. The Morgan fingerprint density at radius 1 is 1.50 bits per heavy atom. The van der Waals surface area contributed by atoms with E-state index in [-0.39, 0.29) is 5.69 Å². The molecule has 1 rings (SSSR count). The van der Waals surface area contributed by atoms with E-state index in [0.717, 1.165) is 0 Å². The molecule has 0 aliphatic carbocycles. The molecule has 1 aromatic carbocycles. The molecule has 2 N–H and O–H groups in total. The van der Waals surface area contributed by atoms with E-state index in [1.807, 2.05) is 5.48 Å². The summed E-state index contributed by atoms with van der Waals surface area (Å²) in [5, 5.41) is 2.33. The van der Waals surface area contributed by atoms with Crippen molar-refractivity contribution in [1.29, 1.82) is 0 Å². The van der Waals surface area contributed by atoms with Crippen LogP contribution in [-0.4, -0.2) is 13.1 Å². The van der Waals surface area contributed by atoms with Crippen LogP contribution in [-0.2, 0) is 4.84 Å². The van der Waals surface area contributed by atoms with Crippen LogP contribution in [0.3, 0.4) is 0 Å². The zero-order chi connectivity index (χ0) is 10.6. The Balaban J connectivity index is 2.80. The fourth-order valence-electron chi connectivity index (χ4n) is 1.02. The third kappa shape index (κ3) is 2.43. The summed E-state index contributed by atoms with van der Waals surface area (Å²) in [6, 6.07) is 3.94. The van der Waals surface area contributed by atoms with Crippen LogP contribution in [0.1, 0.15) is 5.56 Å². The molecule has 0 unspecified atom stereocenters. The van der Waals surface area contributed by atoms with Crippen molar-refractivity contribution in [2.45, 2.75) is 6.92 Å². The molecule has 2 amide bonds. The largest absolute Gasteiger partial charge is 0.343 e. The van der Waals surface area contributed by atoms with Gasteiger partial charge in [-0.25, -0.2) is 14.7 Å². The predicted molar refractivity (Wildman–Crippen MR) is 50.3 cm³/mol. The summed E-state index contributed by atoms with van der Waals surface area (Å²) in [6.45, 7) is 1.70. The molecule has 0 heterocycles. The molecular weight excluding hydrogens is 187 g/mol. The number of hydroxylamine groups is 1. The average molecular weight is 198 g/mol. The van der Waals surface area contributed by atoms with Crippen LogP contribution in [0.2, 0.25) is 0 Å². The number of halogens is 1. The highest BCUT2D eigenvalue weighted by molar-refractivity contribution is 5.89. The smallest absolute Gasteiger partial charge is 0.303 e. The fourth-order valence-corrected chi connectivity index (χ4v) is 1.02. The minimum Gasteiger partial charge on any atom is -0.303 e. The molecule has 0 aliphatic heterocycles. The lowest BCUT2D eigenvalue weighted by Gasteiger charge is -2.08. The number of benzene rings is 1. The van der Waals surface area contributed by atoms with Crippen molar-refractivity contribution < 1.29 is 14.0 Å². The van der Waals surface area contributed by atoms with Gasteiger partial charge in [-0.05, 0) is 18.6 Å². The molecule has 4 nitrogen and oxygen atoms in total. The quantitative estimate of drug-likeness (QED) is 0.712. The first-order valence-corrected chi connectivity index (χ1v) is 4.00. The summed E-state index contributed by atoms with van der Waals surface area (Å²) in [7, 11) is 1.30. The van der Waals surface area contributed by atoms with Crippen molar-refractivity contribution >= 4 is 11.7 Å². The van der Waals surface area contributed by atoms with Crippen molar-refractivity contribution in [2.75, 3.05) is 12.4 Å². The van der Waals surface area contributed by atoms with Crippen molar-refractivity contribution in [3.63, 3.8) is 0 Å². The van der Waals surface area contributed by atoms with Gasteiger partial charge in [-0.1, -0.05) is 12.1 Å². The van der Waals surface area contributed by atoms with E-state index in [4.69, 9.17) is 0 Å². The summed E-state index contributed by atoms with van der Waals surface area (Å²) in [6.07, 6.45) is 0. The number of aryl methyl sites for hydroxylation is 1. The van der Waals surface area contributed by atoms with Crippen LogP contribution in [0, 0.1) is 12.7 Å². The fraction of sp³-hybridized carbons (Fsp3) is 0.222. The summed E-state index contributed by atoms with van der Waals surface area (Å²) in [5.41, 5.74) is 2.84. The summed E-state index contributed by atoms with van der Waals surface area (Å²) in [4.78, 5) is 15.4. The van der Waals surface area contributed by atoms with Gasteiger partial charge in [-0.15, -0.1) is 0 Å². The molecule has 76 valence electrons. The SMILES string of the molecule is CONC(=O)Nc1c(C)cccc1F. The number of anilines is 1. The lowest BCUT2D eigenvalue weighted by atomic mass is 10.2. The Morgan fingerprint density at radius 3 is 2.79 bits per heavy atom. The zero-order valence-electron chi connectivity index (χ0n) is 7.93. The number of hydrogen-bond acceptors (Lipinski definition) is 2. The highest BCUT2D eigenvalue weighted by Gasteiger charge is 2.08. The van der Waals surface area contributed by atoms with Gasteiger partial charge in [0.05, 0.1) is 12.8 Å². The van der Waals surface area contributed by atoms with Gasteiger partial charge in [-0.3, -0.25) is 4.84 Å². The number of hydrogen-bond donors (Lipinski definition) is 2. The van der Waals surface area contributed by atoms with E-state index in [1.54, 1.807) is 19.1 Å². The van der Waals surface area contributed by atoms with Crippen LogP contribution >= 0.6 is 0 Å². The second-order valence-corrected chi connectivity index (χ2v) is 2.69. The van der Waals surface area contributed by atoms with Crippen LogP contribution < -0.4 is 10.8 Å². The third-order valence-corrected chi connectivity index (χ3v) is 1.66. The highest BCUT2D eigenvalue weighted by atomic mass is 19.1. The van der Waals surface area contributed by atoms with Crippen molar-refractivity contribution in [1.82, 2.24) is 5.48 Å². The van der Waals surface area contributed by atoms with Gasteiger partial charge in [0.2, 0.25) is 0 Å². The van der Waals surface area contributed by atoms with Crippen molar-refractivity contribution in [2.24, 2.45) is 0 Å². The number of carbonyl (C=O) groups is 1. The highest BCUT2D eigenvalue weighted by Crippen LogP contribution is 2.18. The number of rotatable bonds is 2. The van der Waals surface area contributed by atoms with Crippen molar-refractivity contribution in [3.8, 4) is 0 Å². The summed E-state index contributed by atoms with van der Waals surface area (Å²) >= 11 is 0. The number of para-hydroxylation sites is 1. The molecule has 14 heavy (non-hydrogen) atoms. The normalized spacial score (nSPS) is 9.64. The van der Waals surface area contributed by atoms with Gasteiger partial charge in [0, 0.05) is 0 Å². The number of nitrogens with one attached hydrogen (secondary N) is 2. The lowest BCUT2D eigenvalue weighted by molar-refractivity contribution is 0.114. The molecular formula is C9H11FN2O2. The molecule has 0 saturated heterocycles. The van der Waals surface area contributed by atoms with Gasteiger partial charge in [0.1, 0.15) is 5.82 Å². The molecule has 5 heteroatoms. The molecule has 0 saturated carbocycles. The van der Waals surface area contributed by atoms with Crippen molar-refractivity contribution in [3.05, 3.63) is 29.6 Å². The number of carbonyl (C=O) groups excluding carboxylic acids is 1. The first kappa shape index (κ1) is 10.5. The predicted octanol–water partition coefficient (Wildman–Crippen LogP) is 1.82. The van der Waals surface area contributed by atoms with E-state index >= 15 is 0 Å². The van der Waals surface area contributed by atoms with E-state index in [0.29, 0.717) is 5.56 Å². The molecule has 0 fully saturated rings. The number of amides is 2. The number of urea groups is 1. The van der Waals surface area contributed by atoms with Gasteiger partial charge in [0.25, 0.3) is 0 Å². The van der Waals surface area contributed by atoms with E-state index in [9.17, 15) is 9.18 Å². The molecule has 0 atom stereocenters. The molecule has 1 aromatic rings. The molecule has 0 aromatic heterocycles. The van der Waals surface area contributed by atoms with E-state index < -0.39 is 11.8 Å². The average Bonchev–Trinajstić information content (AvgIpc) is 2.12. The minimum absolute atomic E-state index is 0.155. The van der Waals surface area contributed by atoms with Crippen LogP contribution in [0.25, 0.3) is 0 Å². The summed E-state index contributed by atoms with van der Waals surface area (Å²) < 4.78 is 13.2. The topological polar surface area (TPSA) is 50.4 Å². The molecule has 0 aliphatic rings. The zero-order valence-corrected chi connectivity index (χ0v) is 7.93. The van der Waals surface area contributed by atoms with Crippen LogP contribution in [0.5, 0.6) is 0 Å². The maximum Gasteiger partial charge on any atom is 0.343 e. The standard InChI is InChI=1S/C9H11FN2O2/c1-6-4-3-5-7(10)8(6)11-9(13)12-14-2/h3-5H,1-2H3,(H2,11,12,13).